The van der Waals surface area contributed by atoms with Crippen molar-refractivity contribution in [2.75, 3.05) is 12.8 Å². The summed E-state index contributed by atoms with van der Waals surface area (Å²) >= 11 is 3.42. The quantitative estimate of drug-likeness (QED) is 0.877. The van der Waals surface area contributed by atoms with Gasteiger partial charge in [-0.2, -0.15) is 0 Å². The smallest absolute Gasteiger partial charge is 0.142 e. The Morgan fingerprint density at radius 2 is 1.82 bits per heavy atom. The fourth-order valence-corrected chi connectivity index (χ4v) is 2.01. The lowest BCUT2D eigenvalue weighted by molar-refractivity contribution is 0.416. The molecule has 3 heteroatoms. The molecule has 0 aliphatic heterocycles. The Balaban J connectivity index is 2.27. The van der Waals surface area contributed by atoms with Gasteiger partial charge >= 0.3 is 0 Å². The highest BCUT2D eigenvalue weighted by molar-refractivity contribution is 9.10. The van der Waals surface area contributed by atoms with Crippen LogP contribution in [0.1, 0.15) is 11.1 Å². The van der Waals surface area contributed by atoms with Gasteiger partial charge in [0, 0.05) is 4.47 Å². The van der Waals surface area contributed by atoms with E-state index in [0.717, 1.165) is 27.9 Å². The molecule has 2 aromatic carbocycles. The number of ether oxygens (including phenoxy) is 1. The Labute approximate surface area is 110 Å². The standard InChI is InChI=1S/C14H14BrNO/c1-17-13-4-2-3-11(14(13)16)9-10-5-7-12(15)8-6-10/h2-8H,9,16H2,1H3. The first-order chi connectivity index (χ1) is 8.20. The molecule has 2 N–H and O–H groups in total. The predicted molar refractivity (Wildman–Crippen MR) is 74.4 cm³/mol. The maximum absolute atomic E-state index is 6.04. The second kappa shape index (κ2) is 5.23. The number of benzene rings is 2. The van der Waals surface area contributed by atoms with E-state index in [1.165, 1.54) is 5.56 Å². The third-order valence-corrected chi connectivity index (χ3v) is 3.21. The largest absolute Gasteiger partial charge is 0.495 e. The van der Waals surface area contributed by atoms with Crippen molar-refractivity contribution in [2.24, 2.45) is 0 Å². The summed E-state index contributed by atoms with van der Waals surface area (Å²) in [6, 6.07) is 14.1. The van der Waals surface area contributed by atoms with Crippen LogP contribution in [0.15, 0.2) is 46.9 Å². The summed E-state index contributed by atoms with van der Waals surface area (Å²) in [5, 5.41) is 0. The van der Waals surface area contributed by atoms with Crippen LogP contribution in [-0.4, -0.2) is 7.11 Å². The lowest BCUT2D eigenvalue weighted by Gasteiger charge is -2.10. The van der Waals surface area contributed by atoms with Crippen molar-refractivity contribution in [1.29, 1.82) is 0 Å². The molecule has 0 fully saturated rings. The van der Waals surface area contributed by atoms with E-state index in [-0.39, 0.29) is 0 Å². The van der Waals surface area contributed by atoms with Crippen LogP contribution in [0.4, 0.5) is 5.69 Å². The third-order valence-electron chi connectivity index (χ3n) is 2.68. The minimum absolute atomic E-state index is 0.720. The fourth-order valence-electron chi connectivity index (χ4n) is 1.74. The van der Waals surface area contributed by atoms with Crippen LogP contribution in [0.25, 0.3) is 0 Å². The maximum Gasteiger partial charge on any atom is 0.142 e. The van der Waals surface area contributed by atoms with E-state index in [0.29, 0.717) is 0 Å². The van der Waals surface area contributed by atoms with E-state index in [2.05, 4.69) is 28.1 Å². The van der Waals surface area contributed by atoms with Crippen LogP contribution in [0, 0.1) is 0 Å². The van der Waals surface area contributed by atoms with Gasteiger partial charge in [-0.3, -0.25) is 0 Å². The van der Waals surface area contributed by atoms with Crippen LogP contribution < -0.4 is 10.5 Å². The van der Waals surface area contributed by atoms with Gasteiger partial charge in [-0.25, -0.2) is 0 Å². The molecule has 0 atom stereocenters. The topological polar surface area (TPSA) is 35.2 Å². The molecule has 88 valence electrons. The van der Waals surface area contributed by atoms with Gasteiger partial charge in [-0.15, -0.1) is 0 Å². The molecule has 0 radical (unpaired) electrons. The molecule has 0 aliphatic carbocycles. The molecule has 17 heavy (non-hydrogen) atoms. The van der Waals surface area contributed by atoms with E-state index >= 15 is 0 Å². The van der Waals surface area contributed by atoms with Gasteiger partial charge in [-0.1, -0.05) is 40.2 Å². The molecule has 0 aromatic heterocycles. The number of para-hydroxylation sites is 1. The number of nitrogens with two attached hydrogens (primary N) is 1. The number of halogens is 1. The predicted octanol–water partition coefficient (Wildman–Crippen LogP) is 3.63. The van der Waals surface area contributed by atoms with Gasteiger partial charge in [0.05, 0.1) is 12.8 Å². The maximum atomic E-state index is 6.04. The summed E-state index contributed by atoms with van der Waals surface area (Å²) in [7, 11) is 1.63. The summed E-state index contributed by atoms with van der Waals surface area (Å²) in [5.41, 5.74) is 9.08. The zero-order chi connectivity index (χ0) is 12.3. The number of hydrogen-bond acceptors (Lipinski definition) is 2. The molecule has 0 saturated heterocycles. The van der Waals surface area contributed by atoms with Crippen molar-refractivity contribution in [2.45, 2.75) is 6.42 Å². The van der Waals surface area contributed by atoms with Gasteiger partial charge in [0.2, 0.25) is 0 Å². The molecule has 2 nitrogen and oxygen atoms in total. The normalized spacial score (nSPS) is 10.2. The molecule has 0 heterocycles. The van der Waals surface area contributed by atoms with E-state index < -0.39 is 0 Å². The van der Waals surface area contributed by atoms with Gasteiger partial charge in [0.15, 0.2) is 0 Å². The minimum Gasteiger partial charge on any atom is -0.495 e. The van der Waals surface area contributed by atoms with Crippen LogP contribution in [0.5, 0.6) is 5.75 Å². The molecule has 0 spiro atoms. The van der Waals surface area contributed by atoms with E-state index in [9.17, 15) is 0 Å². The zero-order valence-electron chi connectivity index (χ0n) is 9.61. The SMILES string of the molecule is COc1cccc(Cc2ccc(Br)cc2)c1N. The Bertz CT molecular complexity index is 508. The average molecular weight is 292 g/mol. The molecule has 0 bridgehead atoms. The zero-order valence-corrected chi connectivity index (χ0v) is 11.2. The second-order valence-electron chi connectivity index (χ2n) is 3.84. The average Bonchev–Trinajstić information content (AvgIpc) is 2.35. The van der Waals surface area contributed by atoms with Crippen molar-refractivity contribution in [3.63, 3.8) is 0 Å². The molecule has 2 rings (SSSR count). The number of nitrogen functional groups attached to an aromatic ring is 1. The molecular formula is C14H14BrNO. The summed E-state index contributed by atoms with van der Waals surface area (Å²) in [6.07, 6.45) is 0.816. The van der Waals surface area contributed by atoms with E-state index in [4.69, 9.17) is 10.5 Å². The first-order valence-electron chi connectivity index (χ1n) is 5.36. The fraction of sp³-hybridized carbons (Fsp3) is 0.143. The van der Waals surface area contributed by atoms with E-state index in [1.54, 1.807) is 7.11 Å². The second-order valence-corrected chi connectivity index (χ2v) is 4.75. The first kappa shape index (κ1) is 12.0. The van der Waals surface area contributed by atoms with Crippen molar-refractivity contribution < 1.29 is 4.74 Å². The van der Waals surface area contributed by atoms with Gasteiger partial charge < -0.3 is 10.5 Å². The summed E-state index contributed by atoms with van der Waals surface area (Å²) in [5.74, 6) is 0.736. The number of hydrogen-bond donors (Lipinski definition) is 1. The van der Waals surface area contributed by atoms with Crippen LogP contribution in [-0.2, 0) is 6.42 Å². The van der Waals surface area contributed by atoms with Gasteiger partial charge in [0.25, 0.3) is 0 Å². The van der Waals surface area contributed by atoms with Crippen molar-refractivity contribution in [3.05, 3.63) is 58.1 Å². The number of anilines is 1. The van der Waals surface area contributed by atoms with Crippen molar-refractivity contribution in [3.8, 4) is 5.75 Å². The Hall–Kier alpha value is -1.48. The number of methoxy groups -OCH3 is 1. The monoisotopic (exact) mass is 291 g/mol. The van der Waals surface area contributed by atoms with Crippen molar-refractivity contribution >= 4 is 21.6 Å². The highest BCUT2D eigenvalue weighted by Crippen LogP contribution is 2.26. The van der Waals surface area contributed by atoms with Crippen LogP contribution in [0.2, 0.25) is 0 Å². The lowest BCUT2D eigenvalue weighted by atomic mass is 10.0. The number of rotatable bonds is 3. The molecule has 0 aliphatic rings. The first-order valence-corrected chi connectivity index (χ1v) is 6.16. The minimum atomic E-state index is 0.720. The molecule has 0 saturated carbocycles. The Morgan fingerprint density at radius 1 is 1.12 bits per heavy atom. The van der Waals surface area contributed by atoms with Gasteiger partial charge in [0.1, 0.15) is 5.75 Å². The third kappa shape index (κ3) is 2.80. The summed E-state index contributed by atoms with van der Waals surface area (Å²) < 4.78 is 6.29. The molecule has 0 amide bonds. The highest BCUT2D eigenvalue weighted by atomic mass is 79.9. The van der Waals surface area contributed by atoms with Crippen molar-refractivity contribution in [1.82, 2.24) is 0 Å². The van der Waals surface area contributed by atoms with Crippen LogP contribution in [0.3, 0.4) is 0 Å². The molecular weight excluding hydrogens is 278 g/mol. The summed E-state index contributed by atoms with van der Waals surface area (Å²) in [6.45, 7) is 0. The Morgan fingerprint density at radius 3 is 2.47 bits per heavy atom. The Kier molecular flexibility index (Phi) is 3.69. The molecule has 2 aromatic rings. The van der Waals surface area contributed by atoms with Crippen LogP contribution >= 0.6 is 15.9 Å². The lowest BCUT2D eigenvalue weighted by Crippen LogP contribution is -1.98. The highest BCUT2D eigenvalue weighted by Gasteiger charge is 2.05. The summed E-state index contributed by atoms with van der Waals surface area (Å²) in [4.78, 5) is 0. The van der Waals surface area contributed by atoms with E-state index in [1.807, 2.05) is 30.3 Å². The molecule has 0 unspecified atom stereocenters. The van der Waals surface area contributed by atoms with Gasteiger partial charge in [-0.05, 0) is 35.7 Å².